The topological polar surface area (TPSA) is 44.1 Å². The maximum atomic E-state index is 12.4. The van der Waals surface area contributed by atoms with Crippen LogP contribution in [-0.2, 0) is 24.2 Å². The fourth-order valence-electron chi connectivity index (χ4n) is 1.14. The summed E-state index contributed by atoms with van der Waals surface area (Å²) in [7, 11) is 0.795. The molecule has 1 aromatic rings. The smallest absolute Gasteiger partial charge is 0.409 e. The third-order valence-electron chi connectivity index (χ3n) is 1.71. The summed E-state index contributed by atoms with van der Waals surface area (Å²) >= 11 is 0. The largest absolute Gasteiger partial charge is 0.435 e. The van der Waals surface area contributed by atoms with Gasteiger partial charge in [0.05, 0.1) is 0 Å². The lowest BCUT2D eigenvalue weighted by Crippen LogP contribution is -2.16. The van der Waals surface area contributed by atoms with E-state index in [0.717, 1.165) is 7.05 Å². The molecule has 0 saturated heterocycles. The molecule has 0 amide bonds. The number of carbonyl (C=O) groups excluding carboxylic acids is 1. The van der Waals surface area contributed by atoms with E-state index in [1.165, 1.54) is 0 Å². The van der Waals surface area contributed by atoms with Crippen molar-refractivity contribution in [3.8, 4) is 5.88 Å². The number of ether oxygens (including phenoxy) is 1. The predicted octanol–water partition coefficient (Wildman–Crippen LogP) is 1.99. The molecule has 0 N–H and O–H groups in total. The van der Waals surface area contributed by atoms with E-state index in [4.69, 9.17) is 0 Å². The molecule has 0 fully saturated rings. The summed E-state index contributed by atoms with van der Waals surface area (Å²) < 4.78 is 78.2. The van der Waals surface area contributed by atoms with Gasteiger partial charge < -0.3 is 4.74 Å². The maximum Gasteiger partial charge on any atom is 0.435 e. The fourth-order valence-corrected chi connectivity index (χ4v) is 1.14. The molecule has 0 bridgehead atoms. The van der Waals surface area contributed by atoms with Gasteiger partial charge in [-0.15, -0.1) is 0 Å². The van der Waals surface area contributed by atoms with E-state index in [0.29, 0.717) is 0 Å². The molecule has 0 atom stereocenters. The van der Waals surface area contributed by atoms with Crippen LogP contribution in [0.4, 0.5) is 26.3 Å². The van der Waals surface area contributed by atoms with Crippen LogP contribution >= 0.6 is 0 Å². The number of alkyl halides is 6. The quantitative estimate of drug-likeness (QED) is 0.604. The lowest BCUT2D eigenvalue weighted by molar-refractivity contribution is -0.164. The molecule has 1 aromatic heterocycles. The van der Waals surface area contributed by atoms with E-state index in [1.807, 2.05) is 0 Å². The van der Waals surface area contributed by atoms with Gasteiger partial charge in [-0.25, -0.2) is 4.68 Å². The monoisotopic (exact) mass is 262 g/mol. The average molecular weight is 262 g/mol. The first-order valence-electron chi connectivity index (χ1n) is 3.90. The van der Waals surface area contributed by atoms with Gasteiger partial charge in [0.2, 0.25) is 5.88 Å². The Morgan fingerprint density at radius 3 is 2.06 bits per heavy atom. The number of aromatic nitrogens is 2. The zero-order valence-electron chi connectivity index (χ0n) is 8.06. The Bertz CT molecular complexity index is 433. The van der Waals surface area contributed by atoms with Crippen LogP contribution < -0.4 is 4.74 Å². The number of rotatable bonds is 2. The summed E-state index contributed by atoms with van der Waals surface area (Å²) in [4.78, 5) is 9.95. The van der Waals surface area contributed by atoms with Crippen LogP contribution in [0.2, 0.25) is 0 Å². The molecule has 0 aromatic carbocycles. The molecule has 0 unspecified atom stereocenters. The van der Waals surface area contributed by atoms with Gasteiger partial charge in [-0.1, -0.05) is 0 Å². The van der Waals surface area contributed by atoms with Crippen LogP contribution in [0.1, 0.15) is 11.3 Å². The van der Waals surface area contributed by atoms with Crippen LogP contribution in [-0.4, -0.2) is 16.3 Å². The first-order valence-corrected chi connectivity index (χ1v) is 3.90. The highest BCUT2D eigenvalue weighted by atomic mass is 19.4. The molecule has 1 rings (SSSR count). The van der Waals surface area contributed by atoms with Crippen molar-refractivity contribution in [3.05, 3.63) is 11.3 Å². The molecule has 0 aliphatic rings. The molecule has 4 nitrogen and oxygen atoms in total. The van der Waals surface area contributed by atoms with E-state index >= 15 is 0 Å². The predicted molar refractivity (Wildman–Crippen MR) is 39.9 cm³/mol. The second-order valence-electron chi connectivity index (χ2n) is 2.86. The second kappa shape index (κ2) is 3.93. The lowest BCUT2D eigenvalue weighted by atomic mass is 10.2. The summed E-state index contributed by atoms with van der Waals surface area (Å²) in [5.74, 6) is -1.31. The number of halogens is 6. The van der Waals surface area contributed by atoms with Crippen LogP contribution in [0.15, 0.2) is 0 Å². The molecule has 0 saturated carbocycles. The average Bonchev–Trinajstić information content (AvgIpc) is 2.43. The highest BCUT2D eigenvalue weighted by molar-refractivity contribution is 5.47. The molecular weight excluding hydrogens is 258 g/mol. The van der Waals surface area contributed by atoms with E-state index in [-0.39, 0.29) is 4.68 Å². The summed E-state index contributed by atoms with van der Waals surface area (Å²) in [5.41, 5.74) is -4.27. The molecule has 10 heteroatoms. The van der Waals surface area contributed by atoms with Gasteiger partial charge >= 0.3 is 12.4 Å². The zero-order valence-corrected chi connectivity index (χ0v) is 8.06. The van der Waals surface area contributed by atoms with Gasteiger partial charge in [0.1, 0.15) is 0 Å². The van der Waals surface area contributed by atoms with Gasteiger partial charge in [-0.05, 0) is 0 Å². The third kappa shape index (κ3) is 2.50. The van der Waals surface area contributed by atoms with Gasteiger partial charge in [-0.3, -0.25) is 4.79 Å². The Morgan fingerprint density at radius 2 is 1.71 bits per heavy atom. The van der Waals surface area contributed by atoms with Crippen molar-refractivity contribution in [2.45, 2.75) is 12.4 Å². The molecular formula is C7H4F6N2O2. The molecule has 1 heterocycles. The van der Waals surface area contributed by atoms with E-state index in [1.54, 1.807) is 0 Å². The van der Waals surface area contributed by atoms with Crippen molar-refractivity contribution in [3.63, 3.8) is 0 Å². The highest BCUT2D eigenvalue weighted by Gasteiger charge is 2.49. The van der Waals surface area contributed by atoms with Crippen LogP contribution in [0, 0.1) is 0 Å². The van der Waals surface area contributed by atoms with Gasteiger partial charge in [-0.2, -0.15) is 31.4 Å². The minimum Gasteiger partial charge on any atom is -0.409 e. The van der Waals surface area contributed by atoms with Crippen molar-refractivity contribution in [1.82, 2.24) is 9.78 Å². The standard InChI is InChI=1S/C7H4F6N2O2/c1-15-5(17-2-16)3(6(8,9)10)4(14-15)7(11,12)13/h2H,1H3. The van der Waals surface area contributed by atoms with Crippen LogP contribution in [0.25, 0.3) is 0 Å². The number of carbonyl (C=O) groups is 1. The second-order valence-corrected chi connectivity index (χ2v) is 2.86. The molecule has 0 radical (unpaired) electrons. The molecule has 17 heavy (non-hydrogen) atoms. The van der Waals surface area contributed by atoms with Gasteiger partial charge in [0, 0.05) is 7.05 Å². The summed E-state index contributed by atoms with van der Waals surface area (Å²) in [6.07, 6.45) is -10.6. The summed E-state index contributed by atoms with van der Waals surface area (Å²) in [5, 5.41) is 2.65. The van der Waals surface area contributed by atoms with Gasteiger partial charge in [0.15, 0.2) is 11.3 Å². The summed E-state index contributed by atoms with van der Waals surface area (Å²) in [6.45, 7) is -0.410. The zero-order chi connectivity index (χ0) is 13.4. The first-order chi connectivity index (χ1) is 7.59. The fraction of sp³-hybridized carbons (Fsp3) is 0.429. The molecule has 0 aliphatic heterocycles. The third-order valence-corrected chi connectivity index (χ3v) is 1.71. The minimum atomic E-state index is -5.34. The van der Waals surface area contributed by atoms with Crippen molar-refractivity contribution >= 4 is 6.47 Å². The Kier molecular flexibility index (Phi) is 3.08. The van der Waals surface area contributed by atoms with E-state index in [2.05, 4.69) is 9.84 Å². The number of nitrogens with zero attached hydrogens (tertiary/aromatic N) is 2. The molecule has 96 valence electrons. The van der Waals surface area contributed by atoms with Crippen molar-refractivity contribution < 1.29 is 35.9 Å². The number of hydrogen-bond donors (Lipinski definition) is 0. The van der Waals surface area contributed by atoms with Crippen LogP contribution in [0.5, 0.6) is 5.88 Å². The van der Waals surface area contributed by atoms with E-state index in [9.17, 15) is 31.1 Å². The maximum absolute atomic E-state index is 12.4. The molecule has 0 aliphatic carbocycles. The van der Waals surface area contributed by atoms with Crippen molar-refractivity contribution in [1.29, 1.82) is 0 Å². The molecule has 0 spiro atoms. The van der Waals surface area contributed by atoms with Gasteiger partial charge in [0.25, 0.3) is 6.47 Å². The lowest BCUT2D eigenvalue weighted by Gasteiger charge is -2.09. The Morgan fingerprint density at radius 1 is 1.18 bits per heavy atom. The Hall–Kier alpha value is -1.74. The first kappa shape index (κ1) is 13.3. The minimum absolute atomic E-state index is 0.194. The van der Waals surface area contributed by atoms with E-state index < -0.39 is 36.0 Å². The Labute approximate surface area is 89.8 Å². The highest BCUT2D eigenvalue weighted by Crippen LogP contribution is 2.44. The van der Waals surface area contributed by atoms with Crippen molar-refractivity contribution in [2.24, 2.45) is 7.05 Å². The summed E-state index contributed by atoms with van der Waals surface area (Å²) in [6, 6.07) is 0. The SMILES string of the molecule is Cn1nc(C(F)(F)F)c(C(F)(F)F)c1OC=O. The van der Waals surface area contributed by atoms with Crippen molar-refractivity contribution in [2.75, 3.05) is 0 Å². The number of hydrogen-bond acceptors (Lipinski definition) is 3. The normalized spacial score (nSPS) is 12.6. The Balaban J connectivity index is 3.53. The van der Waals surface area contributed by atoms with Crippen LogP contribution in [0.3, 0.4) is 0 Å². The number of aryl methyl sites for hydroxylation is 1.